The van der Waals surface area contributed by atoms with E-state index in [4.69, 9.17) is 4.74 Å². The molecule has 1 fully saturated rings. The van der Waals surface area contributed by atoms with Crippen molar-refractivity contribution in [3.63, 3.8) is 0 Å². The van der Waals surface area contributed by atoms with Gasteiger partial charge in [-0.2, -0.15) is 0 Å². The zero-order valence-corrected chi connectivity index (χ0v) is 14.8. The zero-order chi connectivity index (χ0) is 17.1. The summed E-state index contributed by atoms with van der Waals surface area (Å²) in [5, 5.41) is 2.19. The minimum Gasteiger partial charge on any atom is -0.497 e. The van der Waals surface area contributed by atoms with Gasteiger partial charge in [0, 0.05) is 24.6 Å². The molecule has 3 nitrogen and oxygen atoms in total. The van der Waals surface area contributed by atoms with Crippen LogP contribution in [0.25, 0.3) is 10.8 Å². The molecule has 2 aromatic carbocycles. The largest absolute Gasteiger partial charge is 0.497 e. The summed E-state index contributed by atoms with van der Waals surface area (Å²) in [4.78, 5) is 15.3. The van der Waals surface area contributed by atoms with E-state index in [2.05, 4.69) is 18.7 Å². The quantitative estimate of drug-likeness (QED) is 0.766. The minimum atomic E-state index is 0.119. The maximum atomic E-state index is 12.9. The van der Waals surface area contributed by atoms with Crippen molar-refractivity contribution in [1.29, 1.82) is 0 Å². The average Bonchev–Trinajstić information content (AvgIpc) is 2.59. The number of piperidine rings is 1. The van der Waals surface area contributed by atoms with Crippen LogP contribution >= 0.6 is 0 Å². The monoisotopic (exact) mass is 324 g/mol. The lowest BCUT2D eigenvalue weighted by molar-refractivity contribution is 0.0824. The molecule has 1 atom stereocenters. The number of hydrogen-bond donors (Lipinski definition) is 0. The number of rotatable bonds is 5. The number of carbonyl (C=O) groups excluding carboxylic acids is 1. The van der Waals surface area contributed by atoms with Gasteiger partial charge < -0.3 is 9.64 Å². The Morgan fingerprint density at radius 3 is 2.67 bits per heavy atom. The summed E-state index contributed by atoms with van der Waals surface area (Å²) >= 11 is 0. The number of methoxy groups -OCH3 is 1. The summed E-state index contributed by atoms with van der Waals surface area (Å²) in [6.07, 6.45) is 2.10. The van der Waals surface area contributed by atoms with Crippen molar-refractivity contribution >= 4 is 16.6 Å². The third kappa shape index (κ3) is 3.78. The number of likely N-dealkylation sites (tertiary alicyclic amines) is 1. The van der Waals surface area contributed by atoms with Crippen molar-refractivity contribution in [2.75, 3.05) is 26.7 Å². The molecule has 0 aromatic heterocycles. The van der Waals surface area contributed by atoms with E-state index in [1.54, 1.807) is 7.11 Å². The van der Waals surface area contributed by atoms with Gasteiger partial charge in [0.2, 0.25) is 0 Å². The molecule has 1 heterocycles. The van der Waals surface area contributed by atoms with Crippen LogP contribution in [0.3, 0.4) is 0 Å². The van der Waals surface area contributed by atoms with Gasteiger partial charge in [0.1, 0.15) is 5.75 Å². The lowest BCUT2D eigenvalue weighted by Crippen LogP contribution is -2.40. The van der Waals surface area contributed by atoms with E-state index in [9.17, 15) is 4.79 Å². The highest BCUT2D eigenvalue weighted by atomic mass is 16.5. The summed E-state index contributed by atoms with van der Waals surface area (Å²) in [7, 11) is 1.67. The third-order valence-corrected chi connectivity index (χ3v) is 4.75. The highest BCUT2D eigenvalue weighted by Gasteiger charge is 2.26. The van der Waals surface area contributed by atoms with Crippen LogP contribution in [-0.4, -0.2) is 37.4 Å². The van der Waals surface area contributed by atoms with E-state index in [0.717, 1.165) is 54.6 Å². The average molecular weight is 324 g/mol. The topological polar surface area (TPSA) is 29.5 Å². The SMILES string of the molecule is COc1ccc2cc(C(=O)C3CCCN(C[C](C)C)C3)ccc2c1. The van der Waals surface area contributed by atoms with E-state index in [1.807, 2.05) is 36.4 Å². The first kappa shape index (κ1) is 17.0. The smallest absolute Gasteiger partial charge is 0.167 e. The fraction of sp³-hybridized carbons (Fsp3) is 0.429. The van der Waals surface area contributed by atoms with Crippen LogP contribution in [0.5, 0.6) is 5.75 Å². The molecule has 3 rings (SSSR count). The zero-order valence-electron chi connectivity index (χ0n) is 14.8. The summed E-state index contributed by atoms with van der Waals surface area (Å²) in [6, 6.07) is 12.0. The second kappa shape index (κ2) is 7.35. The molecule has 1 unspecified atom stereocenters. The van der Waals surface area contributed by atoms with Gasteiger partial charge in [-0.05, 0) is 54.3 Å². The van der Waals surface area contributed by atoms with Gasteiger partial charge in [-0.3, -0.25) is 4.79 Å². The normalized spacial score (nSPS) is 18.9. The number of ether oxygens (including phenoxy) is 1. The van der Waals surface area contributed by atoms with Gasteiger partial charge in [0.25, 0.3) is 0 Å². The summed E-state index contributed by atoms with van der Waals surface area (Å²) < 4.78 is 5.26. The Morgan fingerprint density at radius 2 is 1.92 bits per heavy atom. The fourth-order valence-electron chi connectivity index (χ4n) is 3.60. The Kier molecular flexibility index (Phi) is 5.20. The van der Waals surface area contributed by atoms with E-state index >= 15 is 0 Å². The molecule has 0 N–H and O–H groups in total. The molecule has 1 radical (unpaired) electrons. The van der Waals surface area contributed by atoms with E-state index in [-0.39, 0.29) is 11.7 Å². The molecule has 1 aliphatic heterocycles. The maximum Gasteiger partial charge on any atom is 0.167 e. The Labute approximate surface area is 144 Å². The van der Waals surface area contributed by atoms with E-state index in [1.165, 1.54) is 5.92 Å². The number of benzene rings is 2. The fourth-order valence-corrected chi connectivity index (χ4v) is 3.60. The summed E-state index contributed by atoms with van der Waals surface area (Å²) in [5.74, 6) is 2.65. The van der Waals surface area contributed by atoms with Gasteiger partial charge in [-0.25, -0.2) is 0 Å². The Balaban J connectivity index is 1.77. The molecular weight excluding hydrogens is 298 g/mol. The van der Waals surface area contributed by atoms with Crippen LogP contribution in [0, 0.1) is 11.8 Å². The Morgan fingerprint density at radius 1 is 1.17 bits per heavy atom. The second-order valence-corrected chi connectivity index (χ2v) is 7.07. The molecule has 127 valence electrons. The predicted octanol–water partition coefficient (Wildman–Crippen LogP) is 4.36. The molecule has 0 bridgehead atoms. The van der Waals surface area contributed by atoms with Crippen molar-refractivity contribution in [1.82, 2.24) is 4.90 Å². The van der Waals surface area contributed by atoms with Gasteiger partial charge in [0.05, 0.1) is 7.11 Å². The molecule has 1 saturated heterocycles. The lowest BCUT2D eigenvalue weighted by Gasteiger charge is -2.33. The van der Waals surface area contributed by atoms with Crippen molar-refractivity contribution in [2.45, 2.75) is 26.7 Å². The molecular formula is C21H26NO2. The van der Waals surface area contributed by atoms with E-state index in [0.29, 0.717) is 0 Å². The second-order valence-electron chi connectivity index (χ2n) is 7.07. The first-order valence-corrected chi connectivity index (χ1v) is 8.70. The van der Waals surface area contributed by atoms with Crippen LogP contribution in [-0.2, 0) is 0 Å². The molecule has 24 heavy (non-hydrogen) atoms. The highest BCUT2D eigenvalue weighted by molar-refractivity contribution is 6.01. The maximum absolute atomic E-state index is 12.9. The van der Waals surface area contributed by atoms with Crippen molar-refractivity contribution < 1.29 is 9.53 Å². The van der Waals surface area contributed by atoms with Gasteiger partial charge in [-0.15, -0.1) is 0 Å². The number of nitrogens with zero attached hydrogens (tertiary/aromatic N) is 1. The van der Waals surface area contributed by atoms with Crippen LogP contribution in [0.1, 0.15) is 37.0 Å². The molecule has 3 heteroatoms. The number of ketones is 1. The van der Waals surface area contributed by atoms with Crippen molar-refractivity contribution in [2.24, 2.45) is 5.92 Å². The standard InChI is InChI=1S/C21H26NO2/c1-15(2)13-22-10-4-5-19(14-22)21(23)18-7-6-17-12-20(24-3)9-8-16(17)11-18/h6-9,11-12,19H,4-5,10,13-14H2,1-3H3. The van der Waals surface area contributed by atoms with Crippen LogP contribution in [0.2, 0.25) is 0 Å². The van der Waals surface area contributed by atoms with Crippen LogP contribution in [0.15, 0.2) is 36.4 Å². The van der Waals surface area contributed by atoms with Crippen LogP contribution in [0.4, 0.5) is 0 Å². The molecule has 0 saturated carbocycles. The van der Waals surface area contributed by atoms with Gasteiger partial charge in [-0.1, -0.05) is 32.0 Å². The van der Waals surface area contributed by atoms with Crippen molar-refractivity contribution in [3.05, 3.63) is 47.9 Å². The number of fused-ring (bicyclic) bond motifs is 1. The molecule has 0 aliphatic carbocycles. The summed E-state index contributed by atoms with van der Waals surface area (Å²) in [6.45, 7) is 7.30. The van der Waals surface area contributed by atoms with Gasteiger partial charge >= 0.3 is 0 Å². The van der Waals surface area contributed by atoms with E-state index < -0.39 is 0 Å². The first-order chi connectivity index (χ1) is 11.6. The molecule has 1 aliphatic rings. The van der Waals surface area contributed by atoms with Crippen LogP contribution < -0.4 is 4.74 Å². The molecule has 0 spiro atoms. The summed E-state index contributed by atoms with van der Waals surface area (Å²) in [5.41, 5.74) is 0.830. The highest BCUT2D eigenvalue weighted by Crippen LogP contribution is 2.26. The minimum absolute atomic E-state index is 0.119. The lowest BCUT2D eigenvalue weighted by atomic mass is 9.89. The molecule has 2 aromatic rings. The first-order valence-electron chi connectivity index (χ1n) is 8.70. The number of Topliss-reactive ketones (excluding diaryl/α,β-unsaturated/α-hetero) is 1. The number of hydrogen-bond acceptors (Lipinski definition) is 3. The number of carbonyl (C=O) groups is 1. The van der Waals surface area contributed by atoms with Gasteiger partial charge in [0.15, 0.2) is 5.78 Å². The third-order valence-electron chi connectivity index (χ3n) is 4.75. The Hall–Kier alpha value is -1.87. The Bertz CT molecular complexity index is 723. The van der Waals surface area contributed by atoms with Crippen molar-refractivity contribution in [3.8, 4) is 5.75 Å². The molecule has 0 amide bonds. The predicted molar refractivity (Wildman–Crippen MR) is 98.6 cm³/mol.